The van der Waals surface area contributed by atoms with Crippen LogP contribution in [0, 0.1) is 5.92 Å². The lowest BCUT2D eigenvalue weighted by Crippen LogP contribution is -2.43. The number of hydrogen-bond donors (Lipinski definition) is 1. The molecule has 1 saturated heterocycles. The van der Waals surface area contributed by atoms with Crippen molar-refractivity contribution in [1.29, 1.82) is 0 Å². The van der Waals surface area contributed by atoms with E-state index >= 15 is 0 Å². The molecule has 1 aliphatic heterocycles. The summed E-state index contributed by atoms with van der Waals surface area (Å²) in [5.41, 5.74) is 0. The molecule has 2 aliphatic rings. The fourth-order valence-electron chi connectivity index (χ4n) is 2.63. The standard InChI is InChI=1S/C13H22N2O3/c1-2-12(16)15(11-3-4-11)9-10-5-7-14(8-6-10)13(17)18/h10-11H,2-9H2,1H3,(H,17,18). The number of rotatable bonds is 4. The molecule has 18 heavy (non-hydrogen) atoms. The fourth-order valence-corrected chi connectivity index (χ4v) is 2.63. The first-order valence-corrected chi connectivity index (χ1v) is 6.89. The van der Waals surface area contributed by atoms with Gasteiger partial charge in [0.15, 0.2) is 0 Å². The van der Waals surface area contributed by atoms with Crippen LogP contribution < -0.4 is 0 Å². The highest BCUT2D eigenvalue weighted by molar-refractivity contribution is 5.76. The first-order valence-electron chi connectivity index (χ1n) is 6.89. The fraction of sp³-hybridized carbons (Fsp3) is 0.846. The molecule has 0 unspecified atom stereocenters. The number of likely N-dealkylation sites (tertiary alicyclic amines) is 1. The largest absolute Gasteiger partial charge is 0.465 e. The first kappa shape index (κ1) is 13.2. The van der Waals surface area contributed by atoms with Crippen molar-refractivity contribution in [3.63, 3.8) is 0 Å². The number of nitrogens with zero attached hydrogens (tertiary/aromatic N) is 2. The zero-order chi connectivity index (χ0) is 13.1. The summed E-state index contributed by atoms with van der Waals surface area (Å²) < 4.78 is 0. The average molecular weight is 254 g/mol. The van der Waals surface area contributed by atoms with Crippen LogP contribution in [0.15, 0.2) is 0 Å². The van der Waals surface area contributed by atoms with E-state index < -0.39 is 6.09 Å². The van der Waals surface area contributed by atoms with Crippen LogP contribution in [0.25, 0.3) is 0 Å². The number of hydrogen-bond acceptors (Lipinski definition) is 2. The first-order chi connectivity index (χ1) is 8.61. The molecule has 1 heterocycles. The van der Waals surface area contributed by atoms with Crippen LogP contribution in [0.2, 0.25) is 0 Å². The minimum Gasteiger partial charge on any atom is -0.465 e. The van der Waals surface area contributed by atoms with E-state index in [0.717, 1.165) is 32.2 Å². The maximum Gasteiger partial charge on any atom is 0.407 e. The summed E-state index contributed by atoms with van der Waals surface area (Å²) in [6, 6.07) is 0.468. The van der Waals surface area contributed by atoms with Gasteiger partial charge in [-0.1, -0.05) is 6.92 Å². The molecule has 0 spiro atoms. The van der Waals surface area contributed by atoms with Gasteiger partial charge in [-0.15, -0.1) is 0 Å². The lowest BCUT2D eigenvalue weighted by atomic mass is 9.96. The lowest BCUT2D eigenvalue weighted by molar-refractivity contribution is -0.132. The van der Waals surface area contributed by atoms with Crippen LogP contribution >= 0.6 is 0 Å². The van der Waals surface area contributed by atoms with E-state index in [1.807, 2.05) is 11.8 Å². The minimum absolute atomic E-state index is 0.248. The summed E-state index contributed by atoms with van der Waals surface area (Å²) in [6.45, 7) is 3.95. The maximum atomic E-state index is 11.9. The van der Waals surface area contributed by atoms with Gasteiger partial charge in [0.1, 0.15) is 0 Å². The van der Waals surface area contributed by atoms with Gasteiger partial charge in [-0.2, -0.15) is 0 Å². The molecule has 1 N–H and O–H groups in total. The Hall–Kier alpha value is -1.26. The van der Waals surface area contributed by atoms with Crippen LogP contribution in [0.4, 0.5) is 4.79 Å². The zero-order valence-corrected chi connectivity index (χ0v) is 11.0. The normalized spacial score (nSPS) is 20.8. The third-order valence-electron chi connectivity index (χ3n) is 3.95. The zero-order valence-electron chi connectivity index (χ0n) is 11.0. The van der Waals surface area contributed by atoms with E-state index in [2.05, 4.69) is 0 Å². The second-order valence-electron chi connectivity index (χ2n) is 5.34. The third-order valence-corrected chi connectivity index (χ3v) is 3.95. The van der Waals surface area contributed by atoms with E-state index in [1.165, 1.54) is 4.90 Å². The number of amides is 2. The van der Waals surface area contributed by atoms with Gasteiger partial charge in [0.25, 0.3) is 0 Å². The summed E-state index contributed by atoms with van der Waals surface area (Å²) in [4.78, 5) is 26.2. The highest BCUT2D eigenvalue weighted by Crippen LogP contribution is 2.30. The van der Waals surface area contributed by atoms with Gasteiger partial charge in [-0.3, -0.25) is 4.79 Å². The highest BCUT2D eigenvalue weighted by Gasteiger charge is 2.34. The van der Waals surface area contributed by atoms with Crippen LogP contribution in [0.1, 0.15) is 39.0 Å². The molecule has 5 nitrogen and oxygen atoms in total. The summed E-state index contributed by atoms with van der Waals surface area (Å²) in [7, 11) is 0. The van der Waals surface area contributed by atoms with Gasteiger partial charge in [0.2, 0.25) is 5.91 Å². The molecule has 2 fully saturated rings. The van der Waals surface area contributed by atoms with E-state index in [4.69, 9.17) is 5.11 Å². The van der Waals surface area contributed by atoms with Gasteiger partial charge >= 0.3 is 6.09 Å². The van der Waals surface area contributed by atoms with E-state index in [0.29, 0.717) is 31.5 Å². The van der Waals surface area contributed by atoms with E-state index in [-0.39, 0.29) is 5.91 Å². The van der Waals surface area contributed by atoms with Crippen molar-refractivity contribution in [3.8, 4) is 0 Å². The Morgan fingerprint density at radius 1 is 1.22 bits per heavy atom. The van der Waals surface area contributed by atoms with Crippen molar-refractivity contribution in [2.45, 2.75) is 45.1 Å². The van der Waals surface area contributed by atoms with E-state index in [9.17, 15) is 9.59 Å². The van der Waals surface area contributed by atoms with Crippen molar-refractivity contribution in [1.82, 2.24) is 9.80 Å². The molecule has 0 aromatic carbocycles. The Balaban J connectivity index is 1.82. The van der Waals surface area contributed by atoms with Crippen LogP contribution in [-0.4, -0.2) is 52.6 Å². The monoisotopic (exact) mass is 254 g/mol. The van der Waals surface area contributed by atoms with E-state index in [1.54, 1.807) is 0 Å². The minimum atomic E-state index is -0.822. The van der Waals surface area contributed by atoms with Gasteiger partial charge < -0.3 is 14.9 Å². The summed E-state index contributed by atoms with van der Waals surface area (Å²) >= 11 is 0. The maximum absolute atomic E-state index is 11.9. The SMILES string of the molecule is CCC(=O)N(CC1CCN(C(=O)O)CC1)C1CC1. The van der Waals surface area contributed by atoms with Crippen LogP contribution in [0.5, 0.6) is 0 Å². The molecule has 2 amide bonds. The van der Waals surface area contributed by atoms with Crippen LogP contribution in [0.3, 0.4) is 0 Å². The number of carbonyl (C=O) groups excluding carboxylic acids is 1. The highest BCUT2D eigenvalue weighted by atomic mass is 16.4. The molecule has 5 heteroatoms. The number of piperidine rings is 1. The Kier molecular flexibility index (Phi) is 4.09. The number of carboxylic acid groups (broad SMARTS) is 1. The van der Waals surface area contributed by atoms with Crippen molar-refractivity contribution < 1.29 is 14.7 Å². The number of carbonyl (C=O) groups is 2. The molecule has 0 radical (unpaired) electrons. The second kappa shape index (κ2) is 5.59. The molecule has 102 valence electrons. The van der Waals surface area contributed by atoms with Crippen molar-refractivity contribution in [3.05, 3.63) is 0 Å². The summed E-state index contributed by atoms with van der Waals surface area (Å²) in [5.74, 6) is 0.717. The second-order valence-corrected chi connectivity index (χ2v) is 5.34. The summed E-state index contributed by atoms with van der Waals surface area (Å²) in [5, 5.41) is 8.89. The molecule has 0 atom stereocenters. The van der Waals surface area contributed by atoms with Gasteiger partial charge in [0.05, 0.1) is 0 Å². The Morgan fingerprint density at radius 3 is 2.28 bits per heavy atom. The topological polar surface area (TPSA) is 60.9 Å². The third kappa shape index (κ3) is 3.15. The van der Waals surface area contributed by atoms with Gasteiger partial charge in [-0.05, 0) is 31.6 Å². The quantitative estimate of drug-likeness (QED) is 0.831. The lowest BCUT2D eigenvalue weighted by Gasteiger charge is -2.33. The molecule has 2 rings (SSSR count). The van der Waals surface area contributed by atoms with Crippen LogP contribution in [-0.2, 0) is 4.79 Å². The Labute approximate surface area is 108 Å². The predicted molar refractivity (Wildman–Crippen MR) is 67.3 cm³/mol. The molecule has 0 aromatic heterocycles. The van der Waals surface area contributed by atoms with Crippen molar-refractivity contribution >= 4 is 12.0 Å². The summed E-state index contributed by atoms with van der Waals surface area (Å²) in [6.07, 6.45) is 3.79. The molecule has 0 bridgehead atoms. The molecule has 0 aromatic rings. The Bertz CT molecular complexity index is 320. The predicted octanol–water partition coefficient (Wildman–Crippen LogP) is 1.78. The molecule has 1 saturated carbocycles. The molecular weight excluding hydrogens is 232 g/mol. The average Bonchev–Trinajstić information content (AvgIpc) is 3.20. The molecule has 1 aliphatic carbocycles. The van der Waals surface area contributed by atoms with Crippen molar-refractivity contribution in [2.24, 2.45) is 5.92 Å². The Morgan fingerprint density at radius 2 is 1.83 bits per heavy atom. The molecular formula is C13H22N2O3. The van der Waals surface area contributed by atoms with Crippen molar-refractivity contribution in [2.75, 3.05) is 19.6 Å². The van der Waals surface area contributed by atoms with Gasteiger partial charge in [0, 0.05) is 32.1 Å². The van der Waals surface area contributed by atoms with Gasteiger partial charge in [-0.25, -0.2) is 4.79 Å². The smallest absolute Gasteiger partial charge is 0.407 e.